The maximum Gasteiger partial charge on any atom is 0.0540 e. The van der Waals surface area contributed by atoms with Crippen LogP contribution in [0.4, 0.5) is 17.1 Å². The molecule has 0 heterocycles. The van der Waals surface area contributed by atoms with E-state index in [1.165, 1.54) is 99.1 Å². The molecule has 1 heteroatoms. The summed E-state index contributed by atoms with van der Waals surface area (Å²) in [5.74, 6) is 0. The summed E-state index contributed by atoms with van der Waals surface area (Å²) in [6, 6.07) is 75.1. The lowest BCUT2D eigenvalue weighted by atomic mass is 9.82. The molecule has 2 aliphatic carbocycles. The van der Waals surface area contributed by atoms with Crippen molar-refractivity contribution in [3.8, 4) is 44.5 Å². The van der Waals surface area contributed by atoms with Gasteiger partial charge < -0.3 is 4.90 Å². The van der Waals surface area contributed by atoms with Crippen LogP contribution in [0.15, 0.2) is 200 Å². The zero-order valence-corrected chi connectivity index (χ0v) is 35.0. The molecule has 1 nitrogen and oxygen atoms in total. The molecule has 290 valence electrons. The monoisotopic (exact) mass is 779 g/mol. The normalized spacial score (nSPS) is 14.2. The van der Waals surface area contributed by atoms with Crippen molar-refractivity contribution in [1.29, 1.82) is 0 Å². The highest BCUT2D eigenvalue weighted by Gasteiger charge is 2.38. The first-order valence-electron chi connectivity index (χ1n) is 21.6. The summed E-state index contributed by atoms with van der Waals surface area (Å²) in [4.78, 5) is 2.53. The standard InChI is InChI=1S/C60H45N/c1-59(2)54-23-13-11-21-48(54)50-30-28-43(36-56(50)59)61(44-29-31-51-49-22-12-14-24-55(49)60(3,4)57(51)37-44)58-32-27-42(35-53(58)41-26-25-38-15-5-6-16-39(38)33-41)52-34-40-17-7-8-18-45(40)46-19-9-10-20-47(46)52/h5-37H,1-4H3. The minimum absolute atomic E-state index is 0.142. The second-order valence-electron chi connectivity index (χ2n) is 18.1. The Kier molecular flexibility index (Phi) is 7.69. The van der Waals surface area contributed by atoms with Gasteiger partial charge in [-0.15, -0.1) is 0 Å². The topological polar surface area (TPSA) is 3.24 Å². The first-order chi connectivity index (χ1) is 29.8. The Balaban J connectivity index is 1.13. The largest absolute Gasteiger partial charge is 0.310 e. The smallest absolute Gasteiger partial charge is 0.0540 e. The van der Waals surface area contributed by atoms with Gasteiger partial charge >= 0.3 is 0 Å². The van der Waals surface area contributed by atoms with Crippen LogP contribution in [-0.4, -0.2) is 0 Å². The second-order valence-corrected chi connectivity index (χ2v) is 18.1. The fourth-order valence-corrected chi connectivity index (χ4v) is 10.9. The van der Waals surface area contributed by atoms with E-state index < -0.39 is 0 Å². The van der Waals surface area contributed by atoms with E-state index in [2.05, 4.69) is 233 Å². The number of anilines is 3. The molecule has 0 saturated carbocycles. The molecule has 0 fully saturated rings. The van der Waals surface area contributed by atoms with Gasteiger partial charge in [0.1, 0.15) is 0 Å². The molecule has 0 aliphatic heterocycles. The van der Waals surface area contributed by atoms with Crippen molar-refractivity contribution in [1.82, 2.24) is 0 Å². The van der Waals surface area contributed by atoms with Gasteiger partial charge in [-0.1, -0.05) is 179 Å². The maximum absolute atomic E-state index is 2.53. The third-order valence-electron chi connectivity index (χ3n) is 14.0. The van der Waals surface area contributed by atoms with Crippen LogP contribution >= 0.6 is 0 Å². The number of hydrogen-bond acceptors (Lipinski definition) is 1. The van der Waals surface area contributed by atoms with Gasteiger partial charge in [-0.3, -0.25) is 0 Å². The first-order valence-corrected chi connectivity index (χ1v) is 21.6. The van der Waals surface area contributed by atoms with Gasteiger partial charge in [-0.25, -0.2) is 0 Å². The van der Waals surface area contributed by atoms with Gasteiger partial charge in [0.2, 0.25) is 0 Å². The fraction of sp³-hybridized carbons (Fsp3) is 0.100. The average molecular weight is 780 g/mol. The molecule has 0 aromatic heterocycles. The molecular formula is C60H45N. The SMILES string of the molecule is CC1(C)c2ccccc2-c2ccc(N(c3ccc4c(c3)C(C)(C)c3ccccc3-4)c3ccc(-c4cc5ccccc5c5ccccc45)cc3-c3ccc4ccccc4c3)cc21. The van der Waals surface area contributed by atoms with E-state index in [0.717, 1.165) is 17.1 Å². The Morgan fingerprint density at radius 1 is 0.295 bits per heavy atom. The van der Waals surface area contributed by atoms with Crippen LogP contribution in [0.3, 0.4) is 0 Å². The summed E-state index contributed by atoms with van der Waals surface area (Å²) in [5, 5.41) is 7.53. The third-order valence-corrected chi connectivity index (χ3v) is 14.0. The van der Waals surface area contributed by atoms with E-state index in [-0.39, 0.29) is 10.8 Å². The number of hydrogen-bond donors (Lipinski definition) is 0. The Morgan fingerprint density at radius 3 is 1.44 bits per heavy atom. The van der Waals surface area contributed by atoms with Crippen LogP contribution in [0, 0.1) is 0 Å². The van der Waals surface area contributed by atoms with Crippen LogP contribution in [0.2, 0.25) is 0 Å². The van der Waals surface area contributed by atoms with Gasteiger partial charge in [-0.2, -0.15) is 0 Å². The number of benzene rings is 10. The predicted octanol–water partition coefficient (Wildman–Crippen LogP) is 16.6. The van der Waals surface area contributed by atoms with Crippen molar-refractivity contribution < 1.29 is 0 Å². The molecule has 0 saturated heterocycles. The van der Waals surface area contributed by atoms with E-state index in [1.54, 1.807) is 0 Å². The van der Waals surface area contributed by atoms with E-state index in [9.17, 15) is 0 Å². The quantitative estimate of drug-likeness (QED) is 0.157. The highest BCUT2D eigenvalue weighted by molar-refractivity contribution is 6.14. The van der Waals surface area contributed by atoms with Crippen LogP contribution in [0.1, 0.15) is 49.9 Å². The van der Waals surface area contributed by atoms with Crippen molar-refractivity contribution in [2.24, 2.45) is 0 Å². The summed E-state index contributed by atoms with van der Waals surface area (Å²) >= 11 is 0. The highest BCUT2D eigenvalue weighted by atomic mass is 15.1. The number of rotatable bonds is 5. The third kappa shape index (κ3) is 5.33. The lowest BCUT2D eigenvalue weighted by molar-refractivity contribution is 0.660. The van der Waals surface area contributed by atoms with E-state index in [1.807, 2.05) is 0 Å². The van der Waals surface area contributed by atoms with Crippen molar-refractivity contribution in [2.75, 3.05) is 4.90 Å². The Labute approximate surface area is 358 Å². The highest BCUT2D eigenvalue weighted by Crippen LogP contribution is 2.54. The van der Waals surface area contributed by atoms with Crippen LogP contribution < -0.4 is 4.90 Å². The zero-order valence-electron chi connectivity index (χ0n) is 35.0. The molecule has 2 aliphatic rings. The molecule has 0 radical (unpaired) electrons. The fourth-order valence-electron chi connectivity index (χ4n) is 10.9. The maximum atomic E-state index is 2.53. The molecule has 0 unspecified atom stereocenters. The average Bonchev–Trinajstić information content (AvgIpc) is 3.67. The van der Waals surface area contributed by atoms with Crippen LogP contribution in [-0.2, 0) is 10.8 Å². The van der Waals surface area contributed by atoms with Gasteiger partial charge in [0, 0.05) is 27.8 Å². The number of fused-ring (bicyclic) bond motifs is 10. The van der Waals surface area contributed by atoms with Gasteiger partial charge in [0.15, 0.2) is 0 Å². The van der Waals surface area contributed by atoms with Gasteiger partial charge in [0.25, 0.3) is 0 Å². The lowest BCUT2D eigenvalue weighted by Gasteiger charge is -2.31. The van der Waals surface area contributed by atoms with E-state index in [4.69, 9.17) is 0 Å². The second kappa shape index (κ2) is 13.1. The molecule has 10 aromatic rings. The van der Waals surface area contributed by atoms with Crippen LogP contribution in [0.5, 0.6) is 0 Å². The first kappa shape index (κ1) is 35.7. The summed E-state index contributed by atoms with van der Waals surface area (Å²) in [7, 11) is 0. The van der Waals surface area contributed by atoms with E-state index in [0.29, 0.717) is 0 Å². The Hall–Kier alpha value is -7.22. The molecule has 0 bridgehead atoms. The molecule has 0 N–H and O–H groups in total. The molecule has 0 amide bonds. The zero-order chi connectivity index (χ0) is 41.0. The molecule has 12 rings (SSSR count). The molecule has 61 heavy (non-hydrogen) atoms. The molecule has 0 atom stereocenters. The minimum atomic E-state index is -0.142. The molecule has 10 aromatic carbocycles. The van der Waals surface area contributed by atoms with Gasteiger partial charge in [-0.05, 0) is 142 Å². The van der Waals surface area contributed by atoms with Crippen LogP contribution in [0.25, 0.3) is 76.8 Å². The summed E-state index contributed by atoms with van der Waals surface area (Å²) in [6.45, 7) is 9.52. The van der Waals surface area contributed by atoms with Crippen molar-refractivity contribution in [3.05, 3.63) is 222 Å². The summed E-state index contributed by atoms with van der Waals surface area (Å²) < 4.78 is 0. The lowest BCUT2D eigenvalue weighted by Crippen LogP contribution is -2.18. The minimum Gasteiger partial charge on any atom is -0.310 e. The number of nitrogens with zero attached hydrogens (tertiary/aromatic N) is 1. The summed E-state index contributed by atoms with van der Waals surface area (Å²) in [5.41, 5.74) is 18.8. The molecule has 0 spiro atoms. The van der Waals surface area contributed by atoms with Crippen molar-refractivity contribution in [2.45, 2.75) is 38.5 Å². The van der Waals surface area contributed by atoms with E-state index >= 15 is 0 Å². The predicted molar refractivity (Wildman–Crippen MR) is 260 cm³/mol. The van der Waals surface area contributed by atoms with Crippen molar-refractivity contribution >= 4 is 49.4 Å². The van der Waals surface area contributed by atoms with Gasteiger partial charge in [0.05, 0.1) is 5.69 Å². The Morgan fingerprint density at radius 2 is 0.787 bits per heavy atom. The molecular weight excluding hydrogens is 735 g/mol. The Bertz CT molecular complexity index is 3330. The summed E-state index contributed by atoms with van der Waals surface area (Å²) in [6.07, 6.45) is 0. The van der Waals surface area contributed by atoms with Crippen molar-refractivity contribution in [3.63, 3.8) is 0 Å².